The Hall–Kier alpha value is -1.61. The molecule has 1 aliphatic rings. The summed E-state index contributed by atoms with van der Waals surface area (Å²) in [6.45, 7) is 5.14. The van der Waals surface area contributed by atoms with Gasteiger partial charge >= 0.3 is 12.1 Å². The summed E-state index contributed by atoms with van der Waals surface area (Å²) in [4.78, 5) is 11.9. The summed E-state index contributed by atoms with van der Waals surface area (Å²) in [6.07, 6.45) is -4.94. The van der Waals surface area contributed by atoms with Crippen LogP contribution in [0.5, 0.6) is 0 Å². The number of alkyl halides is 3. The van der Waals surface area contributed by atoms with Gasteiger partial charge in [-0.3, -0.25) is 4.79 Å². The van der Waals surface area contributed by atoms with Crippen LogP contribution in [0.1, 0.15) is 26.3 Å². The first kappa shape index (κ1) is 19.7. The van der Waals surface area contributed by atoms with Crippen molar-refractivity contribution in [3.63, 3.8) is 0 Å². The summed E-state index contributed by atoms with van der Waals surface area (Å²) < 4.78 is 63.7. The lowest BCUT2D eigenvalue weighted by Gasteiger charge is -2.34. The van der Waals surface area contributed by atoms with Gasteiger partial charge in [-0.1, -0.05) is 32.9 Å². The predicted molar refractivity (Wildman–Crippen MR) is 86.5 cm³/mol. The number of halogens is 3. The van der Waals surface area contributed by atoms with E-state index in [1.807, 2.05) is 20.8 Å². The maximum absolute atomic E-state index is 12.6. The zero-order chi connectivity index (χ0) is 19.0. The first-order chi connectivity index (χ1) is 11.3. The van der Waals surface area contributed by atoms with Gasteiger partial charge in [0.15, 0.2) is 0 Å². The number of hydrogen-bond donors (Lipinski definition) is 0. The Labute approximate surface area is 145 Å². The molecule has 5 nitrogen and oxygen atoms in total. The maximum Gasteiger partial charge on any atom is 0.471 e. The first-order valence-electron chi connectivity index (χ1n) is 7.80. The molecule has 1 heterocycles. The molecule has 0 aliphatic carbocycles. The number of sulfonamides is 1. The van der Waals surface area contributed by atoms with Gasteiger partial charge in [0.2, 0.25) is 10.0 Å². The average molecular weight is 378 g/mol. The summed E-state index contributed by atoms with van der Waals surface area (Å²) in [6, 6.07) is 6.47. The Morgan fingerprint density at radius 3 is 1.84 bits per heavy atom. The number of carbonyl (C=O) groups excluding carboxylic acids is 1. The highest BCUT2D eigenvalue weighted by Crippen LogP contribution is 2.26. The highest BCUT2D eigenvalue weighted by Gasteiger charge is 2.44. The van der Waals surface area contributed by atoms with Crippen molar-refractivity contribution in [1.82, 2.24) is 9.21 Å². The zero-order valence-electron chi connectivity index (χ0n) is 14.3. The maximum atomic E-state index is 12.6. The molecule has 0 saturated carbocycles. The summed E-state index contributed by atoms with van der Waals surface area (Å²) in [5.41, 5.74) is 0.860. The van der Waals surface area contributed by atoms with Crippen molar-refractivity contribution in [2.75, 3.05) is 26.2 Å². The topological polar surface area (TPSA) is 57.7 Å². The molecule has 1 aliphatic heterocycles. The van der Waals surface area contributed by atoms with Crippen LogP contribution >= 0.6 is 0 Å². The van der Waals surface area contributed by atoms with Crippen LogP contribution in [0.2, 0.25) is 0 Å². The number of rotatable bonds is 2. The Morgan fingerprint density at radius 1 is 0.960 bits per heavy atom. The molecule has 140 valence electrons. The van der Waals surface area contributed by atoms with E-state index in [2.05, 4.69) is 0 Å². The number of benzene rings is 1. The van der Waals surface area contributed by atoms with Gasteiger partial charge in [0.05, 0.1) is 4.90 Å². The third-order valence-electron chi connectivity index (χ3n) is 4.13. The first-order valence-corrected chi connectivity index (χ1v) is 9.24. The molecular weight excluding hydrogens is 357 g/mol. The average Bonchev–Trinajstić information content (AvgIpc) is 2.52. The van der Waals surface area contributed by atoms with E-state index < -0.39 is 22.1 Å². The van der Waals surface area contributed by atoms with Crippen molar-refractivity contribution in [3.8, 4) is 0 Å². The van der Waals surface area contributed by atoms with Crippen molar-refractivity contribution in [1.29, 1.82) is 0 Å². The van der Waals surface area contributed by atoms with Crippen molar-refractivity contribution >= 4 is 15.9 Å². The van der Waals surface area contributed by atoms with Gasteiger partial charge in [0.25, 0.3) is 0 Å². The second-order valence-electron chi connectivity index (χ2n) is 6.97. The van der Waals surface area contributed by atoms with E-state index >= 15 is 0 Å². The lowest BCUT2D eigenvalue weighted by atomic mass is 9.87. The molecule has 0 N–H and O–H groups in total. The van der Waals surface area contributed by atoms with Gasteiger partial charge in [-0.2, -0.15) is 17.5 Å². The van der Waals surface area contributed by atoms with Crippen LogP contribution in [-0.4, -0.2) is 55.9 Å². The van der Waals surface area contributed by atoms with Crippen LogP contribution in [-0.2, 0) is 20.2 Å². The summed E-state index contributed by atoms with van der Waals surface area (Å²) >= 11 is 0. The fraction of sp³-hybridized carbons (Fsp3) is 0.562. The third-order valence-corrected chi connectivity index (χ3v) is 6.04. The fourth-order valence-electron chi connectivity index (χ4n) is 2.59. The van der Waals surface area contributed by atoms with Crippen LogP contribution in [0.4, 0.5) is 13.2 Å². The van der Waals surface area contributed by atoms with E-state index in [0.29, 0.717) is 4.90 Å². The van der Waals surface area contributed by atoms with Gasteiger partial charge in [-0.25, -0.2) is 8.42 Å². The van der Waals surface area contributed by atoms with E-state index in [0.717, 1.165) is 9.87 Å². The number of nitrogens with zero attached hydrogens (tertiary/aromatic N) is 2. The lowest BCUT2D eigenvalue weighted by Crippen LogP contribution is -2.53. The minimum Gasteiger partial charge on any atom is -0.332 e. The van der Waals surface area contributed by atoms with Crippen molar-refractivity contribution in [3.05, 3.63) is 29.8 Å². The standard InChI is InChI=1S/C16H21F3N2O3S/c1-15(2,3)12-4-6-13(7-5-12)25(23,24)21-10-8-20(9-11-21)14(22)16(17,18)19/h4-7H,8-11H2,1-3H3. The normalized spacial score (nSPS) is 17.6. The molecule has 9 heteroatoms. The molecule has 1 fully saturated rings. The van der Waals surface area contributed by atoms with E-state index in [4.69, 9.17) is 0 Å². The summed E-state index contributed by atoms with van der Waals surface area (Å²) in [7, 11) is -3.79. The van der Waals surface area contributed by atoms with Crippen molar-refractivity contribution in [2.45, 2.75) is 37.3 Å². The molecule has 0 atom stereocenters. The van der Waals surface area contributed by atoms with Crippen molar-refractivity contribution in [2.24, 2.45) is 0 Å². The SMILES string of the molecule is CC(C)(C)c1ccc(S(=O)(=O)N2CCN(C(=O)C(F)(F)F)CC2)cc1. The second-order valence-corrected chi connectivity index (χ2v) is 8.91. The van der Waals surface area contributed by atoms with Gasteiger partial charge < -0.3 is 4.90 Å². The number of amides is 1. The Bertz CT molecular complexity index is 729. The van der Waals surface area contributed by atoms with E-state index in [1.165, 1.54) is 12.1 Å². The smallest absolute Gasteiger partial charge is 0.332 e. The lowest BCUT2D eigenvalue weighted by molar-refractivity contribution is -0.186. The Balaban J connectivity index is 2.11. The van der Waals surface area contributed by atoms with Crippen LogP contribution in [0.3, 0.4) is 0 Å². The van der Waals surface area contributed by atoms with Gasteiger partial charge in [0, 0.05) is 26.2 Å². The van der Waals surface area contributed by atoms with E-state index in [9.17, 15) is 26.4 Å². The van der Waals surface area contributed by atoms with Gasteiger partial charge in [-0.05, 0) is 23.1 Å². The molecule has 1 aromatic rings. The van der Waals surface area contributed by atoms with Crippen LogP contribution < -0.4 is 0 Å². The van der Waals surface area contributed by atoms with Gasteiger partial charge in [0.1, 0.15) is 0 Å². The van der Waals surface area contributed by atoms with Crippen LogP contribution in [0, 0.1) is 0 Å². The van der Waals surface area contributed by atoms with E-state index in [-0.39, 0.29) is 36.5 Å². The molecule has 0 aromatic heterocycles. The third kappa shape index (κ3) is 4.33. The largest absolute Gasteiger partial charge is 0.471 e. The predicted octanol–water partition coefficient (Wildman–Crippen LogP) is 2.38. The van der Waals surface area contributed by atoms with Crippen LogP contribution in [0.25, 0.3) is 0 Å². The molecule has 0 unspecified atom stereocenters. The molecule has 1 aromatic carbocycles. The molecule has 0 radical (unpaired) electrons. The molecule has 0 bridgehead atoms. The Kier molecular flexibility index (Phi) is 5.21. The second kappa shape index (κ2) is 6.60. The summed E-state index contributed by atoms with van der Waals surface area (Å²) in [5.74, 6) is -1.93. The number of hydrogen-bond acceptors (Lipinski definition) is 3. The highest BCUT2D eigenvalue weighted by molar-refractivity contribution is 7.89. The molecule has 0 spiro atoms. The fourth-order valence-corrected chi connectivity index (χ4v) is 4.01. The molecule has 1 amide bonds. The number of piperazine rings is 1. The summed E-state index contributed by atoms with van der Waals surface area (Å²) in [5, 5.41) is 0. The van der Waals surface area contributed by atoms with E-state index in [1.54, 1.807) is 12.1 Å². The minimum absolute atomic E-state index is 0.0936. The molecular formula is C16H21F3N2O3S. The molecule has 1 saturated heterocycles. The van der Waals surface area contributed by atoms with Crippen molar-refractivity contribution < 1.29 is 26.4 Å². The monoisotopic (exact) mass is 378 g/mol. The highest BCUT2D eigenvalue weighted by atomic mass is 32.2. The Morgan fingerprint density at radius 2 is 1.44 bits per heavy atom. The van der Waals surface area contributed by atoms with Gasteiger partial charge in [-0.15, -0.1) is 0 Å². The minimum atomic E-state index is -4.94. The quantitative estimate of drug-likeness (QED) is 0.794. The van der Waals surface area contributed by atoms with Crippen LogP contribution in [0.15, 0.2) is 29.2 Å². The number of carbonyl (C=O) groups is 1. The molecule has 2 rings (SSSR count). The molecule has 25 heavy (non-hydrogen) atoms. The zero-order valence-corrected chi connectivity index (χ0v) is 15.1.